The predicted octanol–water partition coefficient (Wildman–Crippen LogP) is 4.55. The van der Waals surface area contributed by atoms with Crippen molar-refractivity contribution in [3.63, 3.8) is 0 Å². The fourth-order valence-corrected chi connectivity index (χ4v) is 3.71. The van der Waals surface area contributed by atoms with E-state index in [-0.39, 0.29) is 12.3 Å². The zero-order valence-electron chi connectivity index (χ0n) is 13.7. The topological polar surface area (TPSA) is 70.7 Å². The van der Waals surface area contributed by atoms with Crippen LogP contribution in [0.4, 0.5) is 5.82 Å². The molecule has 2 aromatic heterocycles. The van der Waals surface area contributed by atoms with Crippen molar-refractivity contribution in [3.05, 3.63) is 51.6 Å². The summed E-state index contributed by atoms with van der Waals surface area (Å²) in [5, 5.41) is 11.6. The van der Waals surface area contributed by atoms with Crippen LogP contribution in [0.2, 0.25) is 5.02 Å². The number of nitrogens with zero attached hydrogens (tertiary/aromatic N) is 2. The molecule has 3 aromatic rings. The van der Waals surface area contributed by atoms with Crippen LogP contribution in [0.1, 0.15) is 35.0 Å². The van der Waals surface area contributed by atoms with E-state index in [4.69, 9.17) is 11.6 Å². The molecule has 2 N–H and O–H groups in total. The van der Waals surface area contributed by atoms with Crippen molar-refractivity contribution < 1.29 is 4.79 Å². The Bertz CT molecular complexity index is 912. The fourth-order valence-electron chi connectivity index (χ4n) is 2.65. The van der Waals surface area contributed by atoms with Gasteiger partial charge in [0.15, 0.2) is 5.82 Å². The molecule has 1 fully saturated rings. The molecule has 4 rings (SSSR count). The third-order valence-electron chi connectivity index (χ3n) is 4.19. The Kier molecular flexibility index (Phi) is 4.31. The van der Waals surface area contributed by atoms with E-state index in [2.05, 4.69) is 20.5 Å². The van der Waals surface area contributed by atoms with Gasteiger partial charge in [-0.15, -0.1) is 11.3 Å². The summed E-state index contributed by atoms with van der Waals surface area (Å²) in [6.07, 6.45) is 2.63. The van der Waals surface area contributed by atoms with Gasteiger partial charge in [0, 0.05) is 33.1 Å². The van der Waals surface area contributed by atoms with Crippen LogP contribution >= 0.6 is 22.9 Å². The van der Waals surface area contributed by atoms with Crippen LogP contribution in [-0.4, -0.2) is 21.1 Å². The first-order valence-corrected chi connectivity index (χ1v) is 9.35. The van der Waals surface area contributed by atoms with E-state index in [9.17, 15) is 4.79 Å². The molecule has 0 spiro atoms. The Balaban J connectivity index is 1.44. The Labute approximate surface area is 154 Å². The summed E-state index contributed by atoms with van der Waals surface area (Å²) in [7, 11) is 0. The molecule has 128 valence electrons. The van der Waals surface area contributed by atoms with Gasteiger partial charge in [0.2, 0.25) is 5.91 Å². The number of carbonyl (C=O) groups excluding carboxylic acids is 1. The Hall–Kier alpha value is -2.18. The van der Waals surface area contributed by atoms with Crippen LogP contribution in [0.25, 0.3) is 10.6 Å². The Morgan fingerprint density at radius 2 is 2.12 bits per heavy atom. The SMILES string of the molecule is Cc1sc(-c2ccc(Cl)cc2)nc1CC(=O)Nc1cc(C2CC2)[nH]n1. The highest BCUT2D eigenvalue weighted by Crippen LogP contribution is 2.39. The normalized spacial score (nSPS) is 13.8. The fraction of sp³-hybridized carbons (Fsp3) is 0.278. The van der Waals surface area contributed by atoms with Crippen LogP contribution in [-0.2, 0) is 11.2 Å². The summed E-state index contributed by atoms with van der Waals surface area (Å²) in [4.78, 5) is 18.0. The van der Waals surface area contributed by atoms with Crippen molar-refractivity contribution >= 4 is 34.7 Å². The van der Waals surface area contributed by atoms with Gasteiger partial charge in [0.05, 0.1) is 12.1 Å². The third kappa shape index (κ3) is 3.75. The molecular weight excluding hydrogens is 356 g/mol. The maximum Gasteiger partial charge on any atom is 0.231 e. The van der Waals surface area contributed by atoms with E-state index in [0.29, 0.717) is 16.8 Å². The molecule has 25 heavy (non-hydrogen) atoms. The minimum Gasteiger partial charge on any atom is -0.309 e. The third-order valence-corrected chi connectivity index (χ3v) is 5.51. The van der Waals surface area contributed by atoms with E-state index < -0.39 is 0 Å². The first-order valence-electron chi connectivity index (χ1n) is 8.16. The van der Waals surface area contributed by atoms with Gasteiger partial charge >= 0.3 is 0 Å². The zero-order chi connectivity index (χ0) is 17.4. The highest BCUT2D eigenvalue weighted by atomic mass is 35.5. The average molecular weight is 373 g/mol. The molecule has 1 aliphatic carbocycles. The number of aryl methyl sites for hydroxylation is 1. The number of aromatic amines is 1. The number of anilines is 1. The number of H-pyrrole nitrogens is 1. The average Bonchev–Trinajstić information content (AvgIpc) is 3.24. The minimum absolute atomic E-state index is 0.107. The monoisotopic (exact) mass is 372 g/mol. The van der Waals surface area contributed by atoms with E-state index >= 15 is 0 Å². The summed E-state index contributed by atoms with van der Waals surface area (Å²) >= 11 is 7.51. The molecule has 0 atom stereocenters. The molecular formula is C18H17ClN4OS. The summed E-state index contributed by atoms with van der Waals surface area (Å²) in [5.74, 6) is 1.06. The first kappa shape index (κ1) is 16.3. The lowest BCUT2D eigenvalue weighted by Crippen LogP contribution is -2.15. The minimum atomic E-state index is -0.107. The number of hydrogen-bond donors (Lipinski definition) is 2. The Morgan fingerprint density at radius 1 is 1.36 bits per heavy atom. The van der Waals surface area contributed by atoms with E-state index in [1.807, 2.05) is 37.3 Å². The second kappa shape index (κ2) is 6.61. The number of aromatic nitrogens is 3. The maximum atomic E-state index is 12.3. The molecule has 1 amide bonds. The summed E-state index contributed by atoms with van der Waals surface area (Å²) in [5.41, 5.74) is 2.90. The highest BCUT2D eigenvalue weighted by Gasteiger charge is 2.25. The van der Waals surface area contributed by atoms with Crippen LogP contribution in [0.5, 0.6) is 0 Å². The van der Waals surface area contributed by atoms with Gasteiger partial charge in [0.1, 0.15) is 5.01 Å². The molecule has 7 heteroatoms. The summed E-state index contributed by atoms with van der Waals surface area (Å²) < 4.78 is 0. The second-order valence-corrected chi connectivity index (χ2v) is 7.88. The Morgan fingerprint density at radius 3 is 2.84 bits per heavy atom. The van der Waals surface area contributed by atoms with Crippen LogP contribution in [0.3, 0.4) is 0 Å². The van der Waals surface area contributed by atoms with Crippen molar-refractivity contribution in [3.8, 4) is 10.6 Å². The van der Waals surface area contributed by atoms with Crippen LogP contribution in [0, 0.1) is 6.92 Å². The smallest absolute Gasteiger partial charge is 0.231 e. The van der Waals surface area contributed by atoms with Gasteiger partial charge in [-0.2, -0.15) is 5.10 Å². The number of thiazole rings is 1. The molecule has 0 radical (unpaired) electrons. The summed E-state index contributed by atoms with van der Waals surface area (Å²) in [6, 6.07) is 9.48. The lowest BCUT2D eigenvalue weighted by atomic mass is 10.2. The van der Waals surface area contributed by atoms with E-state index in [1.54, 1.807) is 11.3 Å². The second-order valence-electron chi connectivity index (χ2n) is 6.24. The number of rotatable bonds is 5. The quantitative estimate of drug-likeness (QED) is 0.690. The van der Waals surface area contributed by atoms with Crippen molar-refractivity contribution in [2.24, 2.45) is 0 Å². The number of hydrogen-bond acceptors (Lipinski definition) is 4. The number of carbonyl (C=O) groups is 1. The van der Waals surface area contributed by atoms with E-state index in [1.165, 1.54) is 12.8 Å². The van der Waals surface area contributed by atoms with Gasteiger partial charge in [-0.05, 0) is 31.9 Å². The molecule has 0 aliphatic heterocycles. The molecule has 0 unspecified atom stereocenters. The first-order chi connectivity index (χ1) is 12.1. The lowest BCUT2D eigenvalue weighted by Gasteiger charge is -2.00. The van der Waals surface area contributed by atoms with E-state index in [0.717, 1.165) is 26.8 Å². The van der Waals surface area contributed by atoms with Crippen LogP contribution < -0.4 is 5.32 Å². The standard InChI is InChI=1S/C18H17ClN4OS/c1-10-14(20-18(25-10)12-4-6-13(19)7-5-12)9-17(24)21-16-8-15(22-23-16)11-2-3-11/h4-8,11H,2-3,9H2,1H3,(H2,21,22,23,24). The molecule has 1 aromatic carbocycles. The lowest BCUT2D eigenvalue weighted by molar-refractivity contribution is -0.115. The number of benzene rings is 1. The van der Waals surface area contributed by atoms with Crippen molar-refractivity contribution in [1.29, 1.82) is 0 Å². The van der Waals surface area contributed by atoms with Gasteiger partial charge in [-0.3, -0.25) is 9.89 Å². The van der Waals surface area contributed by atoms with Crippen LogP contribution in [0.15, 0.2) is 30.3 Å². The predicted molar refractivity (Wildman–Crippen MR) is 100 cm³/mol. The van der Waals surface area contributed by atoms with Gasteiger partial charge in [-0.25, -0.2) is 4.98 Å². The van der Waals surface area contributed by atoms with Gasteiger partial charge in [0.25, 0.3) is 0 Å². The molecule has 1 saturated carbocycles. The molecule has 2 heterocycles. The number of amides is 1. The molecule has 0 bridgehead atoms. The largest absolute Gasteiger partial charge is 0.309 e. The number of nitrogens with one attached hydrogen (secondary N) is 2. The van der Waals surface area contributed by atoms with Crippen molar-refractivity contribution in [2.45, 2.75) is 32.1 Å². The highest BCUT2D eigenvalue weighted by molar-refractivity contribution is 7.15. The van der Waals surface area contributed by atoms with Crippen molar-refractivity contribution in [2.75, 3.05) is 5.32 Å². The molecule has 1 aliphatic rings. The number of halogens is 1. The zero-order valence-corrected chi connectivity index (χ0v) is 15.2. The van der Waals surface area contributed by atoms with Crippen molar-refractivity contribution in [1.82, 2.24) is 15.2 Å². The molecule has 0 saturated heterocycles. The summed E-state index contributed by atoms with van der Waals surface area (Å²) in [6.45, 7) is 1.99. The maximum absolute atomic E-state index is 12.3. The van der Waals surface area contributed by atoms with Gasteiger partial charge in [-0.1, -0.05) is 23.7 Å². The molecule has 5 nitrogen and oxygen atoms in total. The van der Waals surface area contributed by atoms with Gasteiger partial charge < -0.3 is 5.32 Å².